The van der Waals surface area contributed by atoms with Gasteiger partial charge < -0.3 is 4.74 Å². The van der Waals surface area contributed by atoms with E-state index in [-0.39, 0.29) is 22.8 Å². The van der Waals surface area contributed by atoms with Crippen molar-refractivity contribution in [3.05, 3.63) is 40.7 Å². The molecule has 5 nitrogen and oxygen atoms in total. The van der Waals surface area contributed by atoms with Gasteiger partial charge in [-0.3, -0.25) is 14.3 Å². The van der Waals surface area contributed by atoms with Gasteiger partial charge in [-0.05, 0) is 6.07 Å². The molecule has 0 unspecified atom stereocenters. The highest BCUT2D eigenvalue weighted by molar-refractivity contribution is 5.58. The molecule has 17 heavy (non-hydrogen) atoms. The van der Waals surface area contributed by atoms with Crippen molar-refractivity contribution >= 4 is 0 Å². The van der Waals surface area contributed by atoms with Gasteiger partial charge in [0, 0.05) is 24.9 Å². The number of hydrogen-bond acceptors (Lipinski definition) is 4. The molecule has 0 spiro atoms. The molecule has 2 heterocycles. The van der Waals surface area contributed by atoms with E-state index in [1.165, 1.54) is 37.1 Å². The van der Waals surface area contributed by atoms with Crippen LogP contribution in [0.5, 0.6) is 6.01 Å². The summed E-state index contributed by atoms with van der Waals surface area (Å²) in [6.07, 6.45) is 2.50. The maximum atomic E-state index is 13.5. The molecular formula is C11H10FN3O2. The number of methoxy groups -OCH3 is 1. The largest absolute Gasteiger partial charge is 0.468 e. The third-order valence-corrected chi connectivity index (χ3v) is 2.32. The summed E-state index contributed by atoms with van der Waals surface area (Å²) in [4.78, 5) is 19.3. The number of nitrogens with zero attached hydrogens (tertiary/aromatic N) is 3. The summed E-state index contributed by atoms with van der Waals surface area (Å²) in [5.41, 5.74) is 0.129. The number of hydrogen-bond donors (Lipinski definition) is 0. The van der Waals surface area contributed by atoms with E-state index >= 15 is 0 Å². The van der Waals surface area contributed by atoms with Crippen molar-refractivity contribution in [2.45, 2.75) is 0 Å². The van der Waals surface area contributed by atoms with E-state index in [2.05, 4.69) is 9.97 Å². The highest BCUT2D eigenvalue weighted by atomic mass is 19.1. The lowest BCUT2D eigenvalue weighted by Gasteiger charge is -2.07. The van der Waals surface area contributed by atoms with Gasteiger partial charge in [0.1, 0.15) is 0 Å². The minimum absolute atomic E-state index is 0.128. The molecule has 0 radical (unpaired) electrons. The lowest BCUT2D eigenvalue weighted by Crippen LogP contribution is -2.19. The van der Waals surface area contributed by atoms with Crippen LogP contribution in [-0.4, -0.2) is 21.6 Å². The smallest absolute Gasteiger partial charge is 0.299 e. The summed E-state index contributed by atoms with van der Waals surface area (Å²) in [5.74, 6) is -0.532. The molecule has 2 aromatic rings. The molecule has 0 aliphatic heterocycles. The van der Waals surface area contributed by atoms with Crippen LogP contribution < -0.4 is 10.3 Å². The van der Waals surface area contributed by atoms with Crippen molar-refractivity contribution in [1.82, 2.24) is 14.5 Å². The van der Waals surface area contributed by atoms with Crippen LogP contribution >= 0.6 is 0 Å². The summed E-state index contributed by atoms with van der Waals surface area (Å²) in [6.45, 7) is 0. The Balaban J connectivity index is 2.66. The molecule has 0 atom stereocenters. The molecular weight excluding hydrogens is 225 g/mol. The third kappa shape index (κ3) is 2.01. The van der Waals surface area contributed by atoms with Crippen LogP contribution in [0.25, 0.3) is 11.3 Å². The SMILES string of the molecule is COc1nc(-c2ccncc2F)cc(=O)n1C. The summed E-state index contributed by atoms with van der Waals surface area (Å²) < 4.78 is 19.7. The topological polar surface area (TPSA) is 57.0 Å². The van der Waals surface area contributed by atoms with Crippen molar-refractivity contribution in [3.8, 4) is 17.3 Å². The van der Waals surface area contributed by atoms with E-state index in [4.69, 9.17) is 4.74 Å². The van der Waals surface area contributed by atoms with E-state index in [1.54, 1.807) is 0 Å². The Kier molecular flexibility index (Phi) is 2.86. The summed E-state index contributed by atoms with van der Waals surface area (Å²) in [6, 6.07) is 2.83. The standard InChI is InChI=1S/C11H10FN3O2/c1-15-10(16)5-9(14-11(15)17-2)7-3-4-13-6-8(7)12/h3-6H,1-2H3. The summed E-state index contributed by atoms with van der Waals surface area (Å²) >= 11 is 0. The zero-order valence-corrected chi connectivity index (χ0v) is 9.35. The average Bonchev–Trinajstić information content (AvgIpc) is 2.33. The molecule has 0 bridgehead atoms. The predicted molar refractivity (Wildman–Crippen MR) is 59.2 cm³/mol. The van der Waals surface area contributed by atoms with Crippen molar-refractivity contribution in [2.24, 2.45) is 7.05 Å². The van der Waals surface area contributed by atoms with Crippen LogP contribution in [-0.2, 0) is 7.05 Å². The van der Waals surface area contributed by atoms with E-state index < -0.39 is 5.82 Å². The van der Waals surface area contributed by atoms with E-state index in [0.29, 0.717) is 0 Å². The molecule has 0 saturated heterocycles. The monoisotopic (exact) mass is 235 g/mol. The quantitative estimate of drug-likeness (QED) is 0.778. The molecule has 0 N–H and O–H groups in total. The molecule has 88 valence electrons. The summed E-state index contributed by atoms with van der Waals surface area (Å²) in [7, 11) is 2.93. The van der Waals surface area contributed by atoms with Gasteiger partial charge in [0.05, 0.1) is 19.0 Å². The predicted octanol–water partition coefficient (Wildman–Crippen LogP) is 0.990. The van der Waals surface area contributed by atoms with Crippen LogP contribution in [0.1, 0.15) is 0 Å². The Bertz CT molecular complexity index is 610. The maximum Gasteiger partial charge on any atom is 0.299 e. The zero-order valence-electron chi connectivity index (χ0n) is 9.35. The highest BCUT2D eigenvalue weighted by Crippen LogP contribution is 2.19. The van der Waals surface area contributed by atoms with Crippen LogP contribution in [0.4, 0.5) is 4.39 Å². The van der Waals surface area contributed by atoms with Crippen LogP contribution in [0.15, 0.2) is 29.3 Å². The van der Waals surface area contributed by atoms with E-state index in [9.17, 15) is 9.18 Å². The minimum atomic E-state index is -0.532. The van der Waals surface area contributed by atoms with Gasteiger partial charge >= 0.3 is 0 Å². The Hall–Kier alpha value is -2.24. The molecule has 0 aliphatic rings. The number of pyridine rings is 1. The maximum absolute atomic E-state index is 13.5. The van der Waals surface area contributed by atoms with Gasteiger partial charge in [0.2, 0.25) is 0 Å². The van der Waals surface area contributed by atoms with Crippen LogP contribution in [0, 0.1) is 5.82 Å². The second kappa shape index (κ2) is 4.32. The number of aromatic nitrogens is 3. The number of rotatable bonds is 2. The zero-order chi connectivity index (χ0) is 12.4. The van der Waals surface area contributed by atoms with Gasteiger partial charge in [-0.2, -0.15) is 4.98 Å². The van der Waals surface area contributed by atoms with Crippen molar-refractivity contribution in [2.75, 3.05) is 7.11 Å². The number of halogens is 1. The molecule has 0 fully saturated rings. The molecule has 0 aromatic carbocycles. The molecule has 2 aromatic heterocycles. The lowest BCUT2D eigenvalue weighted by molar-refractivity contribution is 0.357. The molecule has 0 saturated carbocycles. The van der Waals surface area contributed by atoms with Gasteiger partial charge in [0.25, 0.3) is 11.6 Å². The Morgan fingerprint density at radius 3 is 2.88 bits per heavy atom. The second-order valence-corrected chi connectivity index (χ2v) is 3.38. The first-order valence-electron chi connectivity index (χ1n) is 4.85. The van der Waals surface area contributed by atoms with Gasteiger partial charge in [-0.1, -0.05) is 0 Å². The first-order chi connectivity index (χ1) is 8.13. The van der Waals surface area contributed by atoms with Gasteiger partial charge in [-0.25, -0.2) is 4.39 Å². The lowest BCUT2D eigenvalue weighted by atomic mass is 10.2. The van der Waals surface area contributed by atoms with E-state index in [0.717, 1.165) is 6.20 Å². The minimum Gasteiger partial charge on any atom is -0.468 e. The highest BCUT2D eigenvalue weighted by Gasteiger charge is 2.11. The normalized spacial score (nSPS) is 10.3. The second-order valence-electron chi connectivity index (χ2n) is 3.38. The fraction of sp³-hybridized carbons (Fsp3) is 0.182. The summed E-state index contributed by atoms with van der Waals surface area (Å²) in [5, 5.41) is 0. The Morgan fingerprint density at radius 1 is 1.47 bits per heavy atom. The molecule has 0 amide bonds. The van der Waals surface area contributed by atoms with E-state index in [1.807, 2.05) is 0 Å². The van der Waals surface area contributed by atoms with Crippen molar-refractivity contribution < 1.29 is 9.13 Å². The third-order valence-electron chi connectivity index (χ3n) is 2.32. The Morgan fingerprint density at radius 2 is 2.24 bits per heavy atom. The first-order valence-corrected chi connectivity index (χ1v) is 4.85. The molecule has 2 rings (SSSR count). The average molecular weight is 235 g/mol. The van der Waals surface area contributed by atoms with Gasteiger partial charge in [0.15, 0.2) is 5.82 Å². The van der Waals surface area contributed by atoms with Crippen LogP contribution in [0.3, 0.4) is 0 Å². The van der Waals surface area contributed by atoms with Crippen molar-refractivity contribution in [3.63, 3.8) is 0 Å². The fourth-order valence-corrected chi connectivity index (χ4v) is 1.42. The molecule has 0 aliphatic carbocycles. The van der Waals surface area contributed by atoms with Crippen LogP contribution in [0.2, 0.25) is 0 Å². The van der Waals surface area contributed by atoms with Gasteiger partial charge in [-0.15, -0.1) is 0 Å². The molecule has 6 heteroatoms. The van der Waals surface area contributed by atoms with Crippen molar-refractivity contribution in [1.29, 1.82) is 0 Å². The Labute approximate surface area is 96.5 Å². The first kappa shape index (κ1) is 11.3. The fourth-order valence-electron chi connectivity index (χ4n) is 1.42. The number of ether oxygens (including phenoxy) is 1.